The summed E-state index contributed by atoms with van der Waals surface area (Å²) >= 11 is 0. The van der Waals surface area contributed by atoms with Crippen LogP contribution in [0.3, 0.4) is 0 Å². The molecule has 0 heterocycles. The lowest BCUT2D eigenvalue weighted by molar-refractivity contribution is -0.122. The van der Waals surface area contributed by atoms with Crippen LogP contribution in [0.5, 0.6) is 5.75 Å². The molecule has 0 aliphatic heterocycles. The molecule has 5 nitrogen and oxygen atoms in total. The number of carbonyl (C=O) groups is 1. The number of hydrogen-bond acceptors (Lipinski definition) is 4. The van der Waals surface area contributed by atoms with Crippen LogP contribution in [0.2, 0.25) is 0 Å². The van der Waals surface area contributed by atoms with Crippen molar-refractivity contribution in [3.63, 3.8) is 0 Å². The number of ether oxygens (including phenoxy) is 1. The highest BCUT2D eigenvalue weighted by Crippen LogP contribution is 2.33. The number of rotatable bonds is 5. The van der Waals surface area contributed by atoms with Crippen molar-refractivity contribution >= 4 is 5.91 Å². The van der Waals surface area contributed by atoms with Gasteiger partial charge in [-0.3, -0.25) is 4.79 Å². The van der Waals surface area contributed by atoms with Crippen molar-refractivity contribution in [1.82, 2.24) is 10.6 Å². The van der Waals surface area contributed by atoms with E-state index >= 15 is 0 Å². The van der Waals surface area contributed by atoms with Crippen molar-refractivity contribution in [2.75, 3.05) is 20.2 Å². The third kappa shape index (κ3) is 3.24. The first-order valence-corrected chi connectivity index (χ1v) is 6.31. The van der Waals surface area contributed by atoms with Crippen LogP contribution >= 0.6 is 0 Å². The quantitative estimate of drug-likeness (QED) is 0.771. The molecule has 1 amide bonds. The van der Waals surface area contributed by atoms with Gasteiger partial charge in [0, 0.05) is 6.04 Å². The molecule has 1 atom stereocenters. The normalized spacial score (nSPS) is 16.5. The summed E-state index contributed by atoms with van der Waals surface area (Å²) in [6.45, 7) is -0.0495. The van der Waals surface area contributed by atoms with Gasteiger partial charge in [-0.2, -0.15) is 5.26 Å². The average Bonchev–Trinajstić information content (AvgIpc) is 2.85. The number of aryl methyl sites for hydroxylation is 1. The lowest BCUT2D eigenvalue weighted by Gasteiger charge is -2.11. The maximum absolute atomic E-state index is 11.3. The van der Waals surface area contributed by atoms with E-state index in [1.54, 1.807) is 0 Å². The smallest absolute Gasteiger partial charge is 0.258 e. The highest BCUT2D eigenvalue weighted by atomic mass is 16.5. The number of nitrogens with one attached hydrogen (secondary N) is 2. The standard InChI is InChI=1S/C14H17N3O2/c1-16-13-5-2-10-8-11(3-4-12(10)13)19-9-14(18)17-7-6-15/h3-4,8,13,16H,2,5,7,9H2,1H3,(H,17,18). The van der Waals surface area contributed by atoms with Crippen LogP contribution in [0.1, 0.15) is 23.6 Å². The van der Waals surface area contributed by atoms with E-state index < -0.39 is 0 Å². The molecule has 0 aromatic heterocycles. The van der Waals surface area contributed by atoms with Gasteiger partial charge in [0.2, 0.25) is 0 Å². The molecule has 1 unspecified atom stereocenters. The summed E-state index contributed by atoms with van der Waals surface area (Å²) in [4.78, 5) is 11.3. The second-order valence-corrected chi connectivity index (χ2v) is 4.46. The van der Waals surface area contributed by atoms with Gasteiger partial charge in [0.25, 0.3) is 5.91 Å². The molecule has 2 rings (SSSR count). The van der Waals surface area contributed by atoms with E-state index in [2.05, 4.69) is 10.6 Å². The molecule has 100 valence electrons. The predicted octanol–water partition coefficient (Wildman–Crippen LogP) is 0.912. The van der Waals surface area contributed by atoms with Gasteiger partial charge >= 0.3 is 0 Å². The maximum Gasteiger partial charge on any atom is 0.258 e. The Hall–Kier alpha value is -2.06. The van der Waals surface area contributed by atoms with Gasteiger partial charge in [-0.25, -0.2) is 0 Å². The molecule has 0 radical (unpaired) electrons. The minimum absolute atomic E-state index is 0.0101. The van der Waals surface area contributed by atoms with Crippen molar-refractivity contribution in [3.8, 4) is 11.8 Å². The lowest BCUT2D eigenvalue weighted by Crippen LogP contribution is -2.29. The average molecular weight is 259 g/mol. The Balaban J connectivity index is 1.93. The van der Waals surface area contributed by atoms with Gasteiger partial charge in [-0.1, -0.05) is 6.07 Å². The molecular weight excluding hydrogens is 242 g/mol. The van der Waals surface area contributed by atoms with Crippen molar-refractivity contribution in [3.05, 3.63) is 29.3 Å². The van der Waals surface area contributed by atoms with Gasteiger partial charge in [-0.05, 0) is 43.1 Å². The summed E-state index contributed by atoms with van der Waals surface area (Å²) in [5.41, 5.74) is 2.58. The second-order valence-electron chi connectivity index (χ2n) is 4.46. The molecule has 0 saturated heterocycles. The van der Waals surface area contributed by atoms with E-state index in [1.807, 2.05) is 31.3 Å². The molecule has 2 N–H and O–H groups in total. The third-order valence-electron chi connectivity index (χ3n) is 3.28. The van der Waals surface area contributed by atoms with Crippen LogP contribution in [-0.4, -0.2) is 26.1 Å². The van der Waals surface area contributed by atoms with Gasteiger partial charge in [0.1, 0.15) is 12.3 Å². The maximum atomic E-state index is 11.3. The molecular formula is C14H17N3O2. The molecule has 1 aliphatic carbocycles. The summed E-state index contributed by atoms with van der Waals surface area (Å²) in [7, 11) is 1.96. The van der Waals surface area contributed by atoms with E-state index in [4.69, 9.17) is 10.00 Å². The minimum atomic E-state index is -0.282. The number of amides is 1. The Bertz CT molecular complexity index is 508. The summed E-state index contributed by atoms with van der Waals surface area (Å²) < 4.78 is 5.42. The molecule has 1 aromatic carbocycles. The van der Waals surface area contributed by atoms with Crippen molar-refractivity contribution in [2.24, 2.45) is 0 Å². The van der Waals surface area contributed by atoms with E-state index in [0.717, 1.165) is 12.8 Å². The van der Waals surface area contributed by atoms with Gasteiger partial charge in [0.05, 0.1) is 6.07 Å². The van der Waals surface area contributed by atoms with E-state index in [0.29, 0.717) is 11.8 Å². The van der Waals surface area contributed by atoms with Crippen LogP contribution in [-0.2, 0) is 11.2 Å². The van der Waals surface area contributed by atoms with E-state index in [9.17, 15) is 4.79 Å². The molecule has 0 fully saturated rings. The summed E-state index contributed by atoms with van der Waals surface area (Å²) in [5, 5.41) is 14.1. The number of fused-ring (bicyclic) bond motifs is 1. The Morgan fingerprint density at radius 3 is 3.16 bits per heavy atom. The van der Waals surface area contributed by atoms with Crippen molar-refractivity contribution < 1.29 is 9.53 Å². The molecule has 1 aliphatic rings. The first kappa shape index (κ1) is 13.4. The summed E-state index contributed by atoms with van der Waals surface area (Å²) in [5.74, 6) is 0.415. The van der Waals surface area contributed by atoms with Crippen LogP contribution in [0.15, 0.2) is 18.2 Å². The van der Waals surface area contributed by atoms with Crippen LogP contribution in [0.4, 0.5) is 0 Å². The van der Waals surface area contributed by atoms with Crippen LogP contribution in [0, 0.1) is 11.3 Å². The number of carbonyl (C=O) groups excluding carboxylic acids is 1. The number of nitrogens with zero attached hydrogens (tertiary/aromatic N) is 1. The van der Waals surface area contributed by atoms with E-state index in [1.165, 1.54) is 11.1 Å². The van der Waals surface area contributed by atoms with Crippen molar-refractivity contribution in [2.45, 2.75) is 18.9 Å². The number of benzene rings is 1. The fourth-order valence-corrected chi connectivity index (χ4v) is 2.32. The second kappa shape index (κ2) is 6.21. The summed E-state index contributed by atoms with van der Waals surface area (Å²) in [6, 6.07) is 8.19. The Morgan fingerprint density at radius 1 is 1.58 bits per heavy atom. The SMILES string of the molecule is CNC1CCc2cc(OCC(=O)NCC#N)ccc21. The molecule has 5 heteroatoms. The highest BCUT2D eigenvalue weighted by Gasteiger charge is 2.21. The Labute approximate surface area is 112 Å². The zero-order valence-corrected chi connectivity index (χ0v) is 10.9. The summed E-state index contributed by atoms with van der Waals surface area (Å²) in [6.07, 6.45) is 2.12. The van der Waals surface area contributed by atoms with Crippen molar-refractivity contribution in [1.29, 1.82) is 5.26 Å². The number of nitriles is 1. The van der Waals surface area contributed by atoms with Crippen LogP contribution in [0.25, 0.3) is 0 Å². The fourth-order valence-electron chi connectivity index (χ4n) is 2.32. The fraction of sp³-hybridized carbons (Fsp3) is 0.429. The topological polar surface area (TPSA) is 74.2 Å². The van der Waals surface area contributed by atoms with E-state index in [-0.39, 0.29) is 19.1 Å². The predicted molar refractivity (Wildman–Crippen MR) is 70.7 cm³/mol. The first-order valence-electron chi connectivity index (χ1n) is 6.31. The van der Waals surface area contributed by atoms with Crippen LogP contribution < -0.4 is 15.4 Å². The minimum Gasteiger partial charge on any atom is -0.484 e. The monoisotopic (exact) mass is 259 g/mol. The zero-order valence-electron chi connectivity index (χ0n) is 10.9. The molecule has 0 saturated carbocycles. The number of hydrogen-bond donors (Lipinski definition) is 2. The molecule has 0 bridgehead atoms. The molecule has 1 aromatic rings. The molecule has 19 heavy (non-hydrogen) atoms. The molecule has 0 spiro atoms. The largest absolute Gasteiger partial charge is 0.484 e. The Kier molecular flexibility index (Phi) is 4.37. The van der Waals surface area contributed by atoms with Gasteiger partial charge < -0.3 is 15.4 Å². The first-order chi connectivity index (χ1) is 9.24. The van der Waals surface area contributed by atoms with Gasteiger partial charge in [-0.15, -0.1) is 0 Å². The Morgan fingerprint density at radius 2 is 2.42 bits per heavy atom. The highest BCUT2D eigenvalue weighted by molar-refractivity contribution is 5.77. The zero-order chi connectivity index (χ0) is 13.7. The lowest BCUT2D eigenvalue weighted by atomic mass is 10.1. The third-order valence-corrected chi connectivity index (χ3v) is 3.28. The van der Waals surface area contributed by atoms with Gasteiger partial charge in [0.15, 0.2) is 6.61 Å².